The van der Waals surface area contributed by atoms with Crippen LogP contribution >= 0.6 is 11.6 Å². The van der Waals surface area contributed by atoms with E-state index in [0.29, 0.717) is 0 Å². The van der Waals surface area contributed by atoms with Crippen molar-refractivity contribution in [2.75, 3.05) is 0 Å². The SMILES string of the molecule is CC(C(=O)O)C1=CCCc2c(Cl)cccc21. The lowest BCUT2D eigenvalue weighted by Crippen LogP contribution is -2.14. The van der Waals surface area contributed by atoms with Crippen molar-refractivity contribution in [3.8, 4) is 0 Å². The van der Waals surface area contributed by atoms with E-state index in [1.165, 1.54) is 0 Å². The monoisotopic (exact) mass is 236 g/mol. The van der Waals surface area contributed by atoms with Crippen molar-refractivity contribution in [2.24, 2.45) is 5.92 Å². The van der Waals surface area contributed by atoms with Crippen molar-refractivity contribution in [2.45, 2.75) is 19.8 Å². The standard InChI is InChI=1S/C13H13ClO2/c1-8(13(15)16)9-4-2-6-11-10(9)5-3-7-12(11)14/h3-5,7-8H,2,6H2,1H3,(H,15,16). The van der Waals surface area contributed by atoms with Gasteiger partial charge in [-0.2, -0.15) is 0 Å². The van der Waals surface area contributed by atoms with Gasteiger partial charge in [-0.05, 0) is 42.5 Å². The molecule has 0 fully saturated rings. The summed E-state index contributed by atoms with van der Waals surface area (Å²) in [5.41, 5.74) is 2.96. The van der Waals surface area contributed by atoms with Gasteiger partial charge in [0.2, 0.25) is 0 Å². The summed E-state index contributed by atoms with van der Waals surface area (Å²) < 4.78 is 0. The molecule has 0 saturated carbocycles. The fourth-order valence-corrected chi connectivity index (χ4v) is 2.38. The van der Waals surface area contributed by atoms with Crippen molar-refractivity contribution in [3.63, 3.8) is 0 Å². The van der Waals surface area contributed by atoms with Crippen molar-refractivity contribution in [1.29, 1.82) is 0 Å². The number of hydrogen-bond donors (Lipinski definition) is 1. The lowest BCUT2D eigenvalue weighted by Gasteiger charge is -2.21. The predicted molar refractivity (Wildman–Crippen MR) is 64.5 cm³/mol. The predicted octanol–water partition coefficient (Wildman–Crippen LogP) is 3.39. The van der Waals surface area contributed by atoms with Crippen molar-refractivity contribution in [3.05, 3.63) is 40.4 Å². The Kier molecular flexibility index (Phi) is 3.01. The highest BCUT2D eigenvalue weighted by molar-refractivity contribution is 6.31. The van der Waals surface area contributed by atoms with Crippen molar-refractivity contribution in [1.82, 2.24) is 0 Å². The molecule has 0 saturated heterocycles. The molecular weight excluding hydrogens is 224 g/mol. The highest BCUT2D eigenvalue weighted by atomic mass is 35.5. The third-order valence-electron chi connectivity index (χ3n) is 3.03. The van der Waals surface area contributed by atoms with E-state index >= 15 is 0 Å². The number of carboxylic acid groups (broad SMARTS) is 1. The van der Waals surface area contributed by atoms with Gasteiger partial charge in [-0.3, -0.25) is 4.79 Å². The van der Waals surface area contributed by atoms with Gasteiger partial charge >= 0.3 is 5.97 Å². The molecule has 0 spiro atoms. The number of carboxylic acids is 1. The minimum absolute atomic E-state index is 0.475. The zero-order valence-corrected chi connectivity index (χ0v) is 9.79. The third kappa shape index (κ3) is 1.85. The van der Waals surface area contributed by atoms with E-state index < -0.39 is 11.9 Å². The molecular formula is C13H13ClO2. The van der Waals surface area contributed by atoms with Crippen LogP contribution in [-0.4, -0.2) is 11.1 Å². The van der Waals surface area contributed by atoms with Crippen LogP contribution in [0.2, 0.25) is 5.02 Å². The van der Waals surface area contributed by atoms with Crippen molar-refractivity contribution >= 4 is 23.1 Å². The Bertz CT molecular complexity index is 463. The average molecular weight is 237 g/mol. The molecule has 0 bridgehead atoms. The summed E-state index contributed by atoms with van der Waals surface area (Å²) in [6.45, 7) is 1.71. The zero-order chi connectivity index (χ0) is 11.7. The summed E-state index contributed by atoms with van der Waals surface area (Å²) >= 11 is 6.12. The van der Waals surface area contributed by atoms with E-state index in [4.69, 9.17) is 16.7 Å². The van der Waals surface area contributed by atoms with Gasteiger partial charge in [0.05, 0.1) is 5.92 Å². The molecule has 0 radical (unpaired) electrons. The summed E-state index contributed by atoms with van der Waals surface area (Å²) in [6.07, 6.45) is 3.77. The molecule has 2 rings (SSSR count). The maximum absolute atomic E-state index is 11.0. The van der Waals surface area contributed by atoms with Gasteiger partial charge in [0.25, 0.3) is 0 Å². The molecule has 3 heteroatoms. The van der Waals surface area contributed by atoms with Crippen LogP contribution in [0.4, 0.5) is 0 Å². The molecule has 1 aromatic carbocycles. The lowest BCUT2D eigenvalue weighted by molar-refractivity contribution is -0.139. The lowest BCUT2D eigenvalue weighted by atomic mass is 9.84. The minimum atomic E-state index is -0.793. The number of rotatable bonds is 2. The molecule has 0 aromatic heterocycles. The van der Waals surface area contributed by atoms with Gasteiger partial charge in [-0.25, -0.2) is 0 Å². The Morgan fingerprint density at radius 2 is 2.25 bits per heavy atom. The summed E-state index contributed by atoms with van der Waals surface area (Å²) in [4.78, 5) is 11.0. The Morgan fingerprint density at radius 3 is 2.94 bits per heavy atom. The first kappa shape index (κ1) is 11.2. The number of hydrogen-bond acceptors (Lipinski definition) is 1. The van der Waals surface area contributed by atoms with Gasteiger partial charge in [-0.1, -0.05) is 29.8 Å². The van der Waals surface area contributed by atoms with Crippen LogP contribution in [0.1, 0.15) is 24.5 Å². The summed E-state index contributed by atoms with van der Waals surface area (Å²) in [7, 11) is 0. The molecule has 1 aliphatic rings. The quantitative estimate of drug-likeness (QED) is 0.855. The Hall–Kier alpha value is -1.28. The molecule has 1 unspecified atom stereocenters. The van der Waals surface area contributed by atoms with Crippen molar-refractivity contribution < 1.29 is 9.90 Å². The highest BCUT2D eigenvalue weighted by Crippen LogP contribution is 2.35. The van der Waals surface area contributed by atoms with E-state index in [9.17, 15) is 4.79 Å². The second kappa shape index (κ2) is 4.30. The van der Waals surface area contributed by atoms with E-state index in [2.05, 4.69) is 0 Å². The van der Waals surface area contributed by atoms with Gasteiger partial charge in [0.1, 0.15) is 0 Å². The van der Waals surface area contributed by atoms with Crippen LogP contribution in [0, 0.1) is 5.92 Å². The molecule has 0 amide bonds. The molecule has 1 atom stereocenters. The summed E-state index contributed by atoms with van der Waals surface area (Å²) in [5, 5.41) is 9.79. The van der Waals surface area contributed by atoms with Gasteiger partial charge < -0.3 is 5.11 Å². The van der Waals surface area contributed by atoms with Gasteiger partial charge in [0.15, 0.2) is 0 Å². The van der Waals surface area contributed by atoms with E-state index in [-0.39, 0.29) is 0 Å². The fourth-order valence-electron chi connectivity index (χ4n) is 2.11. The second-order valence-electron chi connectivity index (χ2n) is 4.02. The second-order valence-corrected chi connectivity index (χ2v) is 4.43. The number of carbonyl (C=O) groups is 1. The fraction of sp³-hybridized carbons (Fsp3) is 0.308. The maximum Gasteiger partial charge on any atom is 0.310 e. The molecule has 16 heavy (non-hydrogen) atoms. The third-order valence-corrected chi connectivity index (χ3v) is 3.38. The zero-order valence-electron chi connectivity index (χ0n) is 9.03. The molecule has 0 heterocycles. The van der Waals surface area contributed by atoms with Crippen LogP contribution < -0.4 is 0 Å². The molecule has 0 aliphatic heterocycles. The smallest absolute Gasteiger partial charge is 0.310 e. The first-order valence-electron chi connectivity index (χ1n) is 5.32. The van der Waals surface area contributed by atoms with Crippen LogP contribution in [0.25, 0.3) is 5.57 Å². The normalized spacial score (nSPS) is 16.2. The topological polar surface area (TPSA) is 37.3 Å². The first-order chi connectivity index (χ1) is 7.61. The Labute approximate surface area is 99.5 Å². The number of benzene rings is 1. The maximum atomic E-state index is 11.0. The summed E-state index contributed by atoms with van der Waals surface area (Å²) in [5.74, 6) is -1.27. The Morgan fingerprint density at radius 1 is 1.50 bits per heavy atom. The minimum Gasteiger partial charge on any atom is -0.481 e. The van der Waals surface area contributed by atoms with Gasteiger partial charge in [0, 0.05) is 5.02 Å². The van der Waals surface area contributed by atoms with Crippen LogP contribution in [0.3, 0.4) is 0 Å². The number of allylic oxidation sites excluding steroid dienone is 1. The molecule has 1 N–H and O–H groups in total. The van der Waals surface area contributed by atoms with E-state index in [1.54, 1.807) is 6.92 Å². The Balaban J connectivity index is 2.49. The van der Waals surface area contributed by atoms with E-state index in [0.717, 1.165) is 34.6 Å². The number of fused-ring (bicyclic) bond motifs is 1. The van der Waals surface area contributed by atoms with Gasteiger partial charge in [-0.15, -0.1) is 0 Å². The van der Waals surface area contributed by atoms with Crippen LogP contribution in [-0.2, 0) is 11.2 Å². The molecule has 1 aliphatic carbocycles. The highest BCUT2D eigenvalue weighted by Gasteiger charge is 2.23. The molecule has 1 aromatic rings. The molecule has 84 valence electrons. The molecule has 2 nitrogen and oxygen atoms in total. The van der Waals surface area contributed by atoms with E-state index in [1.807, 2.05) is 24.3 Å². The number of aliphatic carboxylic acids is 1. The average Bonchev–Trinajstić information content (AvgIpc) is 2.28. The van der Waals surface area contributed by atoms with Crippen LogP contribution in [0.5, 0.6) is 0 Å². The largest absolute Gasteiger partial charge is 0.481 e. The van der Waals surface area contributed by atoms with Crippen LogP contribution in [0.15, 0.2) is 24.3 Å². The first-order valence-corrected chi connectivity index (χ1v) is 5.69. The number of halogens is 1. The summed E-state index contributed by atoms with van der Waals surface area (Å²) in [6, 6.07) is 5.68.